The Morgan fingerprint density at radius 3 is 2.72 bits per heavy atom. The summed E-state index contributed by atoms with van der Waals surface area (Å²) in [4.78, 5) is 31.6. The number of benzene rings is 2. The number of carbonyl (C=O) groups excluding carboxylic acids is 2. The summed E-state index contributed by atoms with van der Waals surface area (Å²) in [6, 6.07) is 17.6. The molecule has 43 heavy (non-hydrogen) atoms. The molecule has 2 aliphatic carbocycles. The predicted octanol–water partition coefficient (Wildman–Crippen LogP) is 8.51. The highest BCUT2D eigenvalue weighted by Crippen LogP contribution is 2.45. The van der Waals surface area contributed by atoms with Gasteiger partial charge in [0.25, 0.3) is 0 Å². The van der Waals surface area contributed by atoms with E-state index in [1.54, 1.807) is 23.1 Å². The monoisotopic (exact) mass is 626 g/mol. The molecule has 6 rings (SSSR count). The Hall–Kier alpha value is -3.45. The molecule has 0 spiro atoms. The third-order valence-corrected chi connectivity index (χ3v) is 11.7. The van der Waals surface area contributed by atoms with Crippen molar-refractivity contribution in [2.24, 2.45) is 11.3 Å². The lowest BCUT2D eigenvalue weighted by atomic mass is 9.72. The van der Waals surface area contributed by atoms with E-state index >= 15 is 0 Å². The molecule has 3 amide bonds. The quantitative estimate of drug-likeness (QED) is 0.277. The van der Waals surface area contributed by atoms with Crippen LogP contribution in [-0.4, -0.2) is 29.0 Å². The van der Waals surface area contributed by atoms with Crippen LogP contribution >= 0.6 is 34.9 Å². The Labute approximate surface area is 265 Å². The molecular weight excluding hydrogens is 593 g/mol. The lowest BCUT2D eigenvalue weighted by Gasteiger charge is -2.40. The summed E-state index contributed by atoms with van der Waals surface area (Å²) in [5, 5.41) is 16.8. The molecule has 3 atom stereocenters. The van der Waals surface area contributed by atoms with Crippen molar-refractivity contribution in [1.29, 1.82) is 5.26 Å². The molecule has 1 aliphatic heterocycles. The van der Waals surface area contributed by atoms with Gasteiger partial charge >= 0.3 is 6.03 Å². The molecule has 220 valence electrons. The van der Waals surface area contributed by atoms with Crippen molar-refractivity contribution >= 4 is 63.2 Å². The zero-order valence-electron chi connectivity index (χ0n) is 24.4. The number of carbonyl (C=O) groups is 2. The second-order valence-corrected chi connectivity index (χ2v) is 15.5. The molecule has 3 aromatic rings. The maximum absolute atomic E-state index is 13.6. The summed E-state index contributed by atoms with van der Waals surface area (Å²) >= 11 is 4.73. The van der Waals surface area contributed by atoms with Crippen LogP contribution in [0, 0.1) is 22.7 Å². The summed E-state index contributed by atoms with van der Waals surface area (Å²) in [7, 11) is 0. The smallest absolute Gasteiger partial charge is 0.316 e. The molecule has 2 heterocycles. The van der Waals surface area contributed by atoms with E-state index < -0.39 is 0 Å². The average molecular weight is 627 g/mol. The number of thioether (sulfide) groups is 2. The summed E-state index contributed by atoms with van der Waals surface area (Å²) in [6.07, 6.45) is 11.1. The summed E-state index contributed by atoms with van der Waals surface area (Å²) in [5.41, 5.74) is 3.52. The summed E-state index contributed by atoms with van der Waals surface area (Å²) in [5.74, 6) is 0.623. The third-order valence-electron chi connectivity index (χ3n) is 8.27. The minimum atomic E-state index is -0.193. The highest BCUT2D eigenvalue weighted by molar-refractivity contribution is 8.00. The molecule has 9 heteroatoms. The van der Waals surface area contributed by atoms with Gasteiger partial charge in [-0.3, -0.25) is 9.69 Å². The number of hydrogen-bond acceptors (Lipinski definition) is 6. The van der Waals surface area contributed by atoms with Gasteiger partial charge in [0, 0.05) is 20.4 Å². The van der Waals surface area contributed by atoms with Crippen molar-refractivity contribution in [2.45, 2.75) is 61.1 Å². The molecule has 3 unspecified atom stereocenters. The Bertz CT molecular complexity index is 1660. The van der Waals surface area contributed by atoms with E-state index in [0.717, 1.165) is 40.3 Å². The number of hydrogen-bond donors (Lipinski definition) is 2. The van der Waals surface area contributed by atoms with Crippen LogP contribution in [-0.2, 0) is 17.6 Å². The number of nitrogens with zero attached hydrogens (tertiary/aromatic N) is 2. The van der Waals surface area contributed by atoms with Crippen LogP contribution in [0.2, 0.25) is 0 Å². The van der Waals surface area contributed by atoms with Gasteiger partial charge in [0.15, 0.2) is 0 Å². The van der Waals surface area contributed by atoms with Crippen molar-refractivity contribution in [1.82, 2.24) is 0 Å². The van der Waals surface area contributed by atoms with Crippen molar-refractivity contribution in [2.75, 3.05) is 21.3 Å². The van der Waals surface area contributed by atoms with Crippen LogP contribution in [0.3, 0.4) is 0 Å². The molecule has 2 aromatic carbocycles. The lowest BCUT2D eigenvalue weighted by molar-refractivity contribution is -0.113. The number of rotatable bonds is 5. The maximum atomic E-state index is 13.6. The van der Waals surface area contributed by atoms with Gasteiger partial charge < -0.3 is 10.6 Å². The zero-order chi connectivity index (χ0) is 30.1. The fraction of sp³-hybridized carbons (Fsp3) is 0.324. The number of thiophene rings is 1. The Balaban J connectivity index is 1.10. The number of nitrogens with one attached hydrogen (secondary N) is 2. The number of amides is 3. The molecule has 0 fully saturated rings. The van der Waals surface area contributed by atoms with Gasteiger partial charge in [0.05, 0.1) is 28.3 Å². The fourth-order valence-electron chi connectivity index (χ4n) is 5.92. The Morgan fingerprint density at radius 1 is 1.09 bits per heavy atom. The highest BCUT2D eigenvalue weighted by Gasteiger charge is 2.37. The van der Waals surface area contributed by atoms with E-state index in [9.17, 15) is 14.9 Å². The molecule has 0 radical (unpaired) electrons. The molecule has 2 N–H and O–H groups in total. The average Bonchev–Trinajstić information content (AvgIpc) is 3.34. The van der Waals surface area contributed by atoms with Crippen molar-refractivity contribution in [3.8, 4) is 6.07 Å². The minimum Gasteiger partial charge on any atom is -0.316 e. The first-order valence-electron chi connectivity index (χ1n) is 14.5. The second-order valence-electron chi connectivity index (χ2n) is 12.1. The van der Waals surface area contributed by atoms with Gasteiger partial charge in [0.1, 0.15) is 11.1 Å². The molecule has 0 saturated heterocycles. The van der Waals surface area contributed by atoms with Crippen LogP contribution in [0.1, 0.15) is 43.2 Å². The third kappa shape index (κ3) is 6.28. The number of fused-ring (bicyclic) bond motifs is 3. The first-order valence-corrected chi connectivity index (χ1v) is 17.2. The van der Waals surface area contributed by atoms with Gasteiger partial charge in [-0.1, -0.05) is 63.3 Å². The van der Waals surface area contributed by atoms with Gasteiger partial charge in [-0.2, -0.15) is 5.26 Å². The summed E-state index contributed by atoms with van der Waals surface area (Å²) in [6.45, 7) is 6.82. The van der Waals surface area contributed by atoms with E-state index in [2.05, 4.69) is 55.7 Å². The largest absolute Gasteiger partial charge is 0.326 e. The lowest BCUT2D eigenvalue weighted by Crippen LogP contribution is -2.49. The van der Waals surface area contributed by atoms with Crippen LogP contribution in [0.25, 0.3) is 0 Å². The topological polar surface area (TPSA) is 85.2 Å². The normalized spacial score (nSPS) is 20.4. The highest BCUT2D eigenvalue weighted by atomic mass is 32.2. The molecule has 1 aromatic heterocycles. The van der Waals surface area contributed by atoms with Gasteiger partial charge in [-0.05, 0) is 66.5 Å². The van der Waals surface area contributed by atoms with Crippen LogP contribution in [0.4, 0.5) is 21.2 Å². The van der Waals surface area contributed by atoms with E-state index in [4.69, 9.17) is 0 Å². The zero-order valence-corrected chi connectivity index (χ0v) is 26.9. The standard InChI is InChI=1S/C34H34N4O2S3/c1-34(2,3)21-15-16-24-25(19-35)32(43-30(24)17-21)37-31(39)20-41-23-10-8-9-22(18-23)36-33(40)38-26-11-4-6-13-28(26)42-29-14-7-5-12-27(29)38/h4-14,18,21,26,28H,15-17,20H2,1-3H3,(H,36,40)(H,37,39). The molecule has 0 saturated carbocycles. The fourth-order valence-corrected chi connectivity index (χ4v) is 9.22. The van der Waals surface area contributed by atoms with Crippen molar-refractivity contribution in [3.05, 3.63) is 88.8 Å². The van der Waals surface area contributed by atoms with Gasteiger partial charge in [-0.15, -0.1) is 34.9 Å². The van der Waals surface area contributed by atoms with E-state index in [-0.39, 0.29) is 34.4 Å². The van der Waals surface area contributed by atoms with Crippen molar-refractivity contribution < 1.29 is 9.59 Å². The first-order chi connectivity index (χ1) is 20.7. The van der Waals surface area contributed by atoms with Gasteiger partial charge in [0.2, 0.25) is 5.91 Å². The number of urea groups is 1. The second kappa shape index (κ2) is 12.3. The van der Waals surface area contributed by atoms with Crippen LogP contribution < -0.4 is 15.5 Å². The number of anilines is 3. The van der Waals surface area contributed by atoms with E-state index in [0.29, 0.717) is 22.2 Å². The predicted molar refractivity (Wildman–Crippen MR) is 179 cm³/mol. The Kier molecular flexibility index (Phi) is 8.45. The van der Waals surface area contributed by atoms with Crippen molar-refractivity contribution in [3.63, 3.8) is 0 Å². The summed E-state index contributed by atoms with van der Waals surface area (Å²) < 4.78 is 0. The molecular formula is C34H34N4O2S3. The van der Waals surface area contributed by atoms with E-state index in [1.807, 2.05) is 59.5 Å². The van der Waals surface area contributed by atoms with E-state index in [1.165, 1.54) is 16.6 Å². The number of para-hydroxylation sites is 1. The SMILES string of the molecule is CC(C)(C)C1CCc2c(sc(NC(=O)CSc3cccc(NC(=O)N4c5ccccc5SC5C=CC=CC54)c3)c2C#N)C1. The Morgan fingerprint density at radius 2 is 1.91 bits per heavy atom. The number of nitriles is 1. The van der Waals surface area contributed by atoms with Gasteiger partial charge in [-0.25, -0.2) is 4.79 Å². The number of allylic oxidation sites excluding steroid dienone is 2. The first kappa shape index (κ1) is 29.6. The molecule has 6 nitrogen and oxygen atoms in total. The minimum absolute atomic E-state index is 0.0771. The molecule has 0 bridgehead atoms. The van der Waals surface area contributed by atoms with Crippen LogP contribution in [0.15, 0.2) is 82.6 Å². The maximum Gasteiger partial charge on any atom is 0.326 e. The molecule has 3 aliphatic rings. The van der Waals surface area contributed by atoms with Crippen LogP contribution in [0.5, 0.6) is 0 Å².